The molecule has 7 heteroatoms. The molecule has 1 aliphatic rings. The summed E-state index contributed by atoms with van der Waals surface area (Å²) in [6.45, 7) is 6.17. The molecule has 0 saturated carbocycles. The van der Waals surface area contributed by atoms with E-state index >= 15 is 0 Å². The SMILES string of the molecule is C=CCOC1CC(n2cc(C#CCN)c(=O)[nH]c2=O)OC1CC. The molecule has 2 heterocycles. The van der Waals surface area contributed by atoms with Gasteiger partial charge in [0.1, 0.15) is 11.8 Å². The molecule has 124 valence electrons. The summed E-state index contributed by atoms with van der Waals surface area (Å²) in [6.07, 6.45) is 3.62. The summed E-state index contributed by atoms with van der Waals surface area (Å²) in [5.41, 5.74) is 4.44. The van der Waals surface area contributed by atoms with Crippen LogP contribution >= 0.6 is 0 Å². The minimum atomic E-state index is -0.531. The van der Waals surface area contributed by atoms with E-state index in [-0.39, 0.29) is 24.3 Å². The van der Waals surface area contributed by atoms with Gasteiger partial charge in [0.2, 0.25) is 0 Å². The van der Waals surface area contributed by atoms with Gasteiger partial charge in [0, 0.05) is 12.6 Å². The molecule has 3 N–H and O–H groups in total. The molecule has 1 saturated heterocycles. The Balaban J connectivity index is 2.29. The van der Waals surface area contributed by atoms with E-state index in [1.807, 2.05) is 6.92 Å². The van der Waals surface area contributed by atoms with Crippen LogP contribution in [0, 0.1) is 11.8 Å². The first kappa shape index (κ1) is 17.2. The maximum Gasteiger partial charge on any atom is 0.330 e. The van der Waals surface area contributed by atoms with Crippen LogP contribution in [-0.2, 0) is 9.47 Å². The monoisotopic (exact) mass is 319 g/mol. The fourth-order valence-electron chi connectivity index (χ4n) is 2.54. The maximum atomic E-state index is 12.1. The van der Waals surface area contributed by atoms with E-state index in [0.29, 0.717) is 13.0 Å². The summed E-state index contributed by atoms with van der Waals surface area (Å²) in [5.74, 6) is 5.26. The van der Waals surface area contributed by atoms with Crippen LogP contribution in [-0.4, -0.2) is 34.9 Å². The van der Waals surface area contributed by atoms with Crippen molar-refractivity contribution in [1.82, 2.24) is 9.55 Å². The zero-order chi connectivity index (χ0) is 16.8. The number of H-pyrrole nitrogens is 1. The maximum absolute atomic E-state index is 12.1. The number of aromatic nitrogens is 2. The van der Waals surface area contributed by atoms with E-state index in [2.05, 4.69) is 23.4 Å². The van der Waals surface area contributed by atoms with E-state index in [0.717, 1.165) is 6.42 Å². The first-order chi connectivity index (χ1) is 11.1. The Morgan fingerprint density at radius 1 is 1.61 bits per heavy atom. The number of aromatic amines is 1. The second-order valence-electron chi connectivity index (χ2n) is 5.15. The van der Waals surface area contributed by atoms with Crippen molar-refractivity contribution in [3.63, 3.8) is 0 Å². The van der Waals surface area contributed by atoms with Gasteiger partial charge in [-0.2, -0.15) is 0 Å². The number of nitrogens with zero attached hydrogens (tertiary/aromatic N) is 1. The van der Waals surface area contributed by atoms with Crippen molar-refractivity contribution in [2.75, 3.05) is 13.2 Å². The molecule has 0 aromatic carbocycles. The Hall–Kier alpha value is -2.14. The molecule has 1 aromatic rings. The van der Waals surface area contributed by atoms with Crippen molar-refractivity contribution in [2.24, 2.45) is 5.73 Å². The van der Waals surface area contributed by atoms with Crippen molar-refractivity contribution in [3.8, 4) is 11.8 Å². The number of rotatable bonds is 5. The van der Waals surface area contributed by atoms with Crippen molar-refractivity contribution < 1.29 is 9.47 Å². The fraction of sp³-hybridized carbons (Fsp3) is 0.500. The topological polar surface area (TPSA) is 99.3 Å². The molecule has 0 bridgehead atoms. The van der Waals surface area contributed by atoms with Crippen LogP contribution in [0.25, 0.3) is 0 Å². The molecule has 1 aliphatic heterocycles. The lowest BCUT2D eigenvalue weighted by atomic mass is 10.1. The predicted molar refractivity (Wildman–Crippen MR) is 86.0 cm³/mol. The molecular formula is C16H21N3O4. The number of hydrogen-bond donors (Lipinski definition) is 2. The van der Waals surface area contributed by atoms with Crippen LogP contribution in [0.2, 0.25) is 0 Å². The molecule has 0 aliphatic carbocycles. The lowest BCUT2D eigenvalue weighted by Gasteiger charge is -2.16. The molecule has 0 spiro atoms. The molecule has 0 amide bonds. The molecule has 1 aromatic heterocycles. The minimum Gasteiger partial charge on any atom is -0.371 e. The van der Waals surface area contributed by atoms with Crippen molar-refractivity contribution >= 4 is 0 Å². The zero-order valence-electron chi connectivity index (χ0n) is 13.1. The second-order valence-corrected chi connectivity index (χ2v) is 5.15. The van der Waals surface area contributed by atoms with Crippen LogP contribution in [0.4, 0.5) is 0 Å². The van der Waals surface area contributed by atoms with Crippen LogP contribution < -0.4 is 17.0 Å². The van der Waals surface area contributed by atoms with Crippen molar-refractivity contribution in [1.29, 1.82) is 0 Å². The first-order valence-corrected chi connectivity index (χ1v) is 7.53. The standard InChI is InChI=1S/C16H21N3O4/c1-3-8-22-13-9-14(23-12(13)4-2)19-10-11(6-5-7-17)15(20)18-16(19)21/h3,10,12-14H,1,4,7-9,17H2,2H3,(H,18,20,21). The van der Waals surface area contributed by atoms with Gasteiger partial charge in [-0.25, -0.2) is 4.79 Å². The normalized spacial score (nSPS) is 23.3. The molecule has 2 rings (SSSR count). The molecule has 0 radical (unpaired) electrons. The molecule has 23 heavy (non-hydrogen) atoms. The summed E-state index contributed by atoms with van der Waals surface area (Å²) < 4.78 is 12.9. The van der Waals surface area contributed by atoms with E-state index < -0.39 is 17.5 Å². The third-order valence-electron chi connectivity index (χ3n) is 3.61. The lowest BCUT2D eigenvalue weighted by molar-refractivity contribution is -0.0356. The van der Waals surface area contributed by atoms with Gasteiger partial charge in [0.05, 0.1) is 25.4 Å². The van der Waals surface area contributed by atoms with Gasteiger partial charge in [-0.05, 0) is 6.42 Å². The van der Waals surface area contributed by atoms with Gasteiger partial charge >= 0.3 is 5.69 Å². The van der Waals surface area contributed by atoms with Crippen LogP contribution in [0.15, 0.2) is 28.4 Å². The van der Waals surface area contributed by atoms with E-state index in [1.54, 1.807) is 6.08 Å². The highest BCUT2D eigenvalue weighted by molar-refractivity contribution is 5.29. The summed E-state index contributed by atoms with van der Waals surface area (Å²) in [5, 5.41) is 0. The van der Waals surface area contributed by atoms with Crippen LogP contribution in [0.1, 0.15) is 31.6 Å². The van der Waals surface area contributed by atoms with Crippen LogP contribution in [0.3, 0.4) is 0 Å². The molecular weight excluding hydrogens is 298 g/mol. The molecule has 3 unspecified atom stereocenters. The van der Waals surface area contributed by atoms with Gasteiger partial charge in [0.25, 0.3) is 5.56 Å². The summed E-state index contributed by atoms with van der Waals surface area (Å²) in [6, 6.07) is 0. The van der Waals surface area contributed by atoms with E-state index in [4.69, 9.17) is 15.2 Å². The zero-order valence-corrected chi connectivity index (χ0v) is 13.1. The van der Waals surface area contributed by atoms with Crippen molar-refractivity contribution in [3.05, 3.63) is 45.3 Å². The third kappa shape index (κ3) is 3.99. The van der Waals surface area contributed by atoms with Gasteiger partial charge in [0.15, 0.2) is 0 Å². The minimum absolute atomic E-state index is 0.114. The number of nitrogens with two attached hydrogens (primary N) is 1. The van der Waals surface area contributed by atoms with Gasteiger partial charge < -0.3 is 15.2 Å². The quantitative estimate of drug-likeness (QED) is 0.593. The van der Waals surface area contributed by atoms with Crippen LogP contribution in [0.5, 0.6) is 0 Å². The summed E-state index contributed by atoms with van der Waals surface area (Å²) in [4.78, 5) is 26.1. The average molecular weight is 319 g/mol. The number of ether oxygens (including phenoxy) is 2. The van der Waals surface area contributed by atoms with Crippen molar-refractivity contribution in [2.45, 2.75) is 38.2 Å². The Kier molecular flexibility index (Phi) is 5.93. The fourth-order valence-corrected chi connectivity index (χ4v) is 2.54. The Morgan fingerprint density at radius 3 is 3.04 bits per heavy atom. The Bertz CT molecular complexity index is 725. The molecule has 3 atom stereocenters. The largest absolute Gasteiger partial charge is 0.371 e. The Labute approximate surface area is 134 Å². The highest BCUT2D eigenvalue weighted by Gasteiger charge is 2.36. The number of nitrogens with one attached hydrogen (secondary N) is 1. The highest BCUT2D eigenvalue weighted by atomic mass is 16.6. The lowest BCUT2D eigenvalue weighted by Crippen LogP contribution is -2.33. The first-order valence-electron chi connectivity index (χ1n) is 7.53. The summed E-state index contributed by atoms with van der Waals surface area (Å²) in [7, 11) is 0. The molecule has 1 fully saturated rings. The van der Waals surface area contributed by atoms with Gasteiger partial charge in [-0.3, -0.25) is 14.3 Å². The van der Waals surface area contributed by atoms with E-state index in [9.17, 15) is 9.59 Å². The summed E-state index contributed by atoms with van der Waals surface area (Å²) >= 11 is 0. The molecule has 7 nitrogen and oxygen atoms in total. The van der Waals surface area contributed by atoms with E-state index in [1.165, 1.54) is 10.8 Å². The third-order valence-corrected chi connectivity index (χ3v) is 3.61. The number of hydrogen-bond acceptors (Lipinski definition) is 5. The Morgan fingerprint density at radius 2 is 2.39 bits per heavy atom. The van der Waals surface area contributed by atoms with Gasteiger partial charge in [-0.15, -0.1) is 6.58 Å². The second kappa shape index (κ2) is 7.92. The highest BCUT2D eigenvalue weighted by Crippen LogP contribution is 2.31. The smallest absolute Gasteiger partial charge is 0.330 e. The van der Waals surface area contributed by atoms with Gasteiger partial charge in [-0.1, -0.05) is 24.8 Å². The predicted octanol–water partition coefficient (Wildman–Crippen LogP) is 0.116. The average Bonchev–Trinajstić information content (AvgIpc) is 2.95.